The zero-order chi connectivity index (χ0) is 28.1. The average Bonchev–Trinajstić information content (AvgIpc) is 3.33. The summed E-state index contributed by atoms with van der Waals surface area (Å²) in [5.74, 6) is -2.81. The predicted octanol–water partition coefficient (Wildman–Crippen LogP) is 0.535. The highest BCUT2D eigenvalue weighted by atomic mass is 32.2. The van der Waals surface area contributed by atoms with Crippen molar-refractivity contribution in [1.29, 1.82) is 0 Å². The molecule has 0 aromatic carbocycles. The van der Waals surface area contributed by atoms with Crippen molar-refractivity contribution in [2.24, 2.45) is 5.16 Å². The Hall–Kier alpha value is -3.89. The molecule has 0 saturated carbocycles. The maximum Gasteiger partial charge on any atom is 0.370 e. The molecule has 39 heavy (non-hydrogen) atoms. The van der Waals surface area contributed by atoms with Crippen LogP contribution in [0.4, 0.5) is 5.13 Å². The van der Waals surface area contributed by atoms with Crippen molar-refractivity contribution in [3.05, 3.63) is 59.5 Å². The summed E-state index contributed by atoms with van der Waals surface area (Å²) in [5, 5.41) is 26.4. The Bertz CT molecular complexity index is 1370. The molecule has 16 heteroatoms. The molecule has 0 unspecified atom stereocenters. The van der Waals surface area contributed by atoms with Crippen LogP contribution in [0.1, 0.15) is 5.69 Å². The molecule has 2 aliphatic heterocycles. The minimum absolute atomic E-state index is 0.0455. The van der Waals surface area contributed by atoms with Gasteiger partial charge in [0.25, 0.3) is 11.8 Å². The summed E-state index contributed by atoms with van der Waals surface area (Å²) in [7, 11) is 0. The van der Waals surface area contributed by atoms with Crippen LogP contribution in [0.5, 0.6) is 0 Å². The van der Waals surface area contributed by atoms with E-state index in [4.69, 9.17) is 15.7 Å². The Kier molecular flexibility index (Phi) is 8.88. The molecular weight excluding hydrogens is 568 g/mol. The minimum Gasteiger partial charge on any atom is -0.477 e. The molecule has 2 atom stereocenters. The standard InChI is InChI=1S/C23H22N6O7S3/c1-2-7-36-27-16(14-11-39-23(24)25-14)19(32)26-17-20(33)29-18(22(34)35)12(10-38-21(17)29)9-37-13-3-5-28(6-4-13)8-15(30)31/h2-6,11,17,21H,1,7-10H2,(H4-,24,25,26,30,31,32,34,35)/p+1/t17-,21-/m1/s1. The monoisotopic (exact) mass is 591 g/mol. The van der Waals surface area contributed by atoms with E-state index >= 15 is 0 Å². The topological polar surface area (TPSA) is 188 Å². The van der Waals surface area contributed by atoms with Crippen LogP contribution < -0.4 is 15.6 Å². The molecule has 0 bridgehead atoms. The van der Waals surface area contributed by atoms with Crippen molar-refractivity contribution in [3.8, 4) is 0 Å². The van der Waals surface area contributed by atoms with Crippen molar-refractivity contribution >= 4 is 69.5 Å². The van der Waals surface area contributed by atoms with Gasteiger partial charge in [-0.2, -0.15) is 4.57 Å². The highest BCUT2D eigenvalue weighted by Crippen LogP contribution is 2.41. The number of fused-ring (bicyclic) bond motifs is 1. The number of aliphatic carboxylic acids is 2. The number of rotatable bonds is 12. The van der Waals surface area contributed by atoms with Crippen LogP contribution in [-0.4, -0.2) is 79.1 Å². The third-order valence-corrected chi connectivity index (χ3v) is 8.57. The third-order valence-electron chi connectivity index (χ3n) is 5.46. The number of hydrogen-bond donors (Lipinski definition) is 4. The van der Waals surface area contributed by atoms with E-state index in [1.54, 1.807) is 24.5 Å². The number of carbonyl (C=O) groups excluding carboxylic acids is 2. The van der Waals surface area contributed by atoms with Crippen molar-refractivity contribution in [1.82, 2.24) is 15.2 Å². The number of β-lactam (4-membered cyclic amide) rings is 1. The van der Waals surface area contributed by atoms with Gasteiger partial charge in [-0.05, 0) is 5.57 Å². The van der Waals surface area contributed by atoms with E-state index in [2.05, 4.69) is 22.0 Å². The Morgan fingerprint density at radius 3 is 2.72 bits per heavy atom. The number of pyridine rings is 1. The number of carbonyl (C=O) groups is 4. The SMILES string of the molecule is C=CCON=C(C(=O)N[C@@H]1C(=O)N2C(C(=O)O)=C(CSc3cc[n+](CC(=O)O)cc3)CS[C@H]12)c1csc(N)n1. The first-order chi connectivity index (χ1) is 18.7. The van der Waals surface area contributed by atoms with Crippen molar-refractivity contribution < 1.29 is 38.8 Å². The Labute approximate surface area is 234 Å². The lowest BCUT2D eigenvalue weighted by atomic mass is 10.0. The fourth-order valence-electron chi connectivity index (χ4n) is 3.73. The zero-order valence-corrected chi connectivity index (χ0v) is 22.6. The van der Waals surface area contributed by atoms with Crippen LogP contribution in [0.25, 0.3) is 0 Å². The fraction of sp³-hybridized carbons (Fsp3) is 0.261. The van der Waals surface area contributed by atoms with E-state index in [0.29, 0.717) is 17.1 Å². The maximum atomic E-state index is 13.0. The Morgan fingerprint density at radius 2 is 2.10 bits per heavy atom. The number of aromatic nitrogens is 2. The molecule has 0 radical (unpaired) electrons. The van der Waals surface area contributed by atoms with Crippen LogP contribution in [0.3, 0.4) is 0 Å². The first kappa shape index (κ1) is 28.1. The maximum absolute atomic E-state index is 13.0. The number of anilines is 1. The number of carboxylic acids is 2. The number of carboxylic acid groups (broad SMARTS) is 2. The molecule has 204 valence electrons. The molecule has 5 N–H and O–H groups in total. The van der Waals surface area contributed by atoms with E-state index in [-0.39, 0.29) is 35.4 Å². The summed E-state index contributed by atoms with van der Waals surface area (Å²) in [6, 6.07) is 2.51. The molecule has 0 aliphatic carbocycles. The van der Waals surface area contributed by atoms with E-state index in [1.807, 2.05) is 0 Å². The number of nitrogens with one attached hydrogen (secondary N) is 1. The minimum atomic E-state index is -1.24. The average molecular weight is 592 g/mol. The molecule has 2 aromatic heterocycles. The summed E-state index contributed by atoms with van der Waals surface area (Å²) in [5.41, 5.74) is 6.14. The van der Waals surface area contributed by atoms with Gasteiger partial charge in [0.05, 0.1) is 0 Å². The quantitative estimate of drug-likeness (QED) is 0.0513. The first-order valence-corrected chi connectivity index (χ1v) is 14.2. The molecule has 1 fully saturated rings. The summed E-state index contributed by atoms with van der Waals surface area (Å²) in [4.78, 5) is 60.2. The number of thioether (sulfide) groups is 2. The highest BCUT2D eigenvalue weighted by molar-refractivity contribution is 8.01. The second-order valence-electron chi connectivity index (χ2n) is 8.10. The van der Waals surface area contributed by atoms with Crippen molar-refractivity contribution in [2.45, 2.75) is 22.9 Å². The summed E-state index contributed by atoms with van der Waals surface area (Å²) in [6.45, 7) is 3.40. The van der Waals surface area contributed by atoms with Gasteiger partial charge in [-0.1, -0.05) is 17.8 Å². The number of hydrogen-bond acceptors (Lipinski definition) is 11. The van der Waals surface area contributed by atoms with Gasteiger partial charge in [0.1, 0.15) is 29.4 Å². The number of oxime groups is 1. The van der Waals surface area contributed by atoms with Crippen LogP contribution in [0, 0.1) is 0 Å². The van der Waals surface area contributed by atoms with E-state index in [0.717, 1.165) is 16.2 Å². The lowest BCUT2D eigenvalue weighted by molar-refractivity contribution is -0.686. The smallest absolute Gasteiger partial charge is 0.370 e. The first-order valence-electron chi connectivity index (χ1n) is 11.3. The normalized spacial score (nSPS) is 18.7. The molecule has 13 nitrogen and oxygen atoms in total. The second-order valence-corrected chi connectivity index (χ2v) is 11.1. The largest absolute Gasteiger partial charge is 0.477 e. The van der Waals surface area contributed by atoms with Gasteiger partial charge in [0.2, 0.25) is 6.54 Å². The molecule has 2 amide bonds. The lowest BCUT2D eigenvalue weighted by Gasteiger charge is -2.49. The second kappa shape index (κ2) is 12.3. The number of amides is 2. The van der Waals surface area contributed by atoms with Gasteiger partial charge in [-0.25, -0.2) is 14.6 Å². The van der Waals surface area contributed by atoms with Gasteiger partial charge >= 0.3 is 11.9 Å². The van der Waals surface area contributed by atoms with Crippen molar-refractivity contribution in [3.63, 3.8) is 0 Å². The Morgan fingerprint density at radius 1 is 1.36 bits per heavy atom. The summed E-state index contributed by atoms with van der Waals surface area (Å²) < 4.78 is 1.51. The highest BCUT2D eigenvalue weighted by Gasteiger charge is 2.54. The fourth-order valence-corrected chi connectivity index (χ4v) is 6.65. The van der Waals surface area contributed by atoms with Crippen LogP contribution >= 0.6 is 34.9 Å². The van der Waals surface area contributed by atoms with Gasteiger partial charge in [0, 0.05) is 33.9 Å². The molecular formula is C23H23N6O7S3+. The number of nitrogens with zero attached hydrogens (tertiary/aromatic N) is 4. The third kappa shape index (κ3) is 6.40. The van der Waals surface area contributed by atoms with E-state index in [1.165, 1.54) is 44.4 Å². The van der Waals surface area contributed by atoms with E-state index in [9.17, 15) is 24.3 Å². The molecule has 4 heterocycles. The molecule has 4 rings (SSSR count). The predicted molar refractivity (Wildman–Crippen MR) is 144 cm³/mol. The number of nitrogen functional groups attached to an aromatic ring is 1. The van der Waals surface area contributed by atoms with Crippen LogP contribution in [-0.2, 0) is 30.6 Å². The number of thiazole rings is 1. The lowest BCUT2D eigenvalue weighted by Crippen LogP contribution is -2.71. The molecule has 2 aromatic rings. The van der Waals surface area contributed by atoms with E-state index < -0.39 is 35.2 Å². The summed E-state index contributed by atoms with van der Waals surface area (Å²) in [6.07, 6.45) is 4.70. The van der Waals surface area contributed by atoms with Gasteiger partial charge < -0.3 is 26.1 Å². The Balaban J connectivity index is 1.45. The van der Waals surface area contributed by atoms with Gasteiger partial charge in [0.15, 0.2) is 23.2 Å². The zero-order valence-electron chi connectivity index (χ0n) is 20.2. The van der Waals surface area contributed by atoms with Crippen molar-refractivity contribution in [2.75, 3.05) is 23.8 Å². The molecule has 0 spiro atoms. The molecule has 2 aliphatic rings. The summed E-state index contributed by atoms with van der Waals surface area (Å²) >= 11 is 3.82. The van der Waals surface area contributed by atoms with Gasteiger partial charge in [-0.15, -0.1) is 34.9 Å². The van der Waals surface area contributed by atoms with Gasteiger partial charge in [-0.3, -0.25) is 14.5 Å². The van der Waals surface area contributed by atoms with Crippen LogP contribution in [0.15, 0.2) is 63.9 Å². The molecule has 1 saturated heterocycles. The van der Waals surface area contributed by atoms with Crippen LogP contribution in [0.2, 0.25) is 0 Å². The number of nitrogens with two attached hydrogens (primary N) is 1.